The highest BCUT2D eigenvalue weighted by molar-refractivity contribution is 9.11. The molecule has 4 nitrogen and oxygen atoms in total. The van der Waals surface area contributed by atoms with Gasteiger partial charge in [0.15, 0.2) is 0 Å². The molecule has 0 aliphatic rings. The lowest BCUT2D eigenvalue weighted by molar-refractivity contribution is -0.407. The molecule has 1 rings (SSSR count). The Morgan fingerprint density at radius 2 is 2.50 bits per heavy atom. The summed E-state index contributed by atoms with van der Waals surface area (Å²) in [6, 6.07) is 3.62. The van der Waals surface area contributed by atoms with E-state index in [1.807, 2.05) is 19.3 Å². The summed E-state index contributed by atoms with van der Waals surface area (Å²) in [6.07, 6.45) is 3.28. The Morgan fingerprint density at radius 3 is 2.92 bits per heavy atom. The van der Waals surface area contributed by atoms with Gasteiger partial charge >= 0.3 is 4.61 Å². The summed E-state index contributed by atoms with van der Waals surface area (Å²) in [5.74, 6) is 0. The molecule has 1 aromatic rings. The van der Waals surface area contributed by atoms with Crippen LogP contribution in [0.3, 0.4) is 0 Å². The molecule has 64 valence electrons. The van der Waals surface area contributed by atoms with Crippen LogP contribution in [0.1, 0.15) is 5.69 Å². The van der Waals surface area contributed by atoms with Gasteiger partial charge in [-0.1, -0.05) is 0 Å². The van der Waals surface area contributed by atoms with E-state index in [2.05, 4.69) is 15.9 Å². The zero-order valence-corrected chi connectivity index (χ0v) is 7.98. The van der Waals surface area contributed by atoms with Crippen molar-refractivity contribution in [3.63, 3.8) is 0 Å². The van der Waals surface area contributed by atoms with E-state index >= 15 is 0 Å². The van der Waals surface area contributed by atoms with Crippen LogP contribution in [0.25, 0.3) is 6.08 Å². The monoisotopic (exact) mass is 230 g/mol. The second-order valence-electron chi connectivity index (χ2n) is 2.27. The standard InChI is InChI=1S/C7H7BrN2O2/c1-9-4-2-3-6(9)5-7(8)10(11)12/h2-5H,1H3/b7-5+. The maximum Gasteiger partial charge on any atom is 0.312 e. The third-order valence-corrected chi connectivity index (χ3v) is 1.94. The molecular formula is C7H7BrN2O2. The molecule has 0 spiro atoms. The van der Waals surface area contributed by atoms with E-state index in [-0.39, 0.29) is 4.61 Å². The molecule has 0 N–H and O–H groups in total. The number of rotatable bonds is 2. The first-order valence-electron chi connectivity index (χ1n) is 3.24. The van der Waals surface area contributed by atoms with Crippen molar-refractivity contribution in [3.05, 3.63) is 38.7 Å². The first-order valence-corrected chi connectivity index (χ1v) is 4.03. The number of aromatic nitrogens is 1. The van der Waals surface area contributed by atoms with Gasteiger partial charge in [-0.25, -0.2) is 0 Å². The van der Waals surface area contributed by atoms with Crippen LogP contribution in [0.4, 0.5) is 0 Å². The van der Waals surface area contributed by atoms with Gasteiger partial charge in [-0.05, 0) is 12.1 Å². The molecule has 0 unspecified atom stereocenters. The van der Waals surface area contributed by atoms with Crippen molar-refractivity contribution in [2.75, 3.05) is 0 Å². The van der Waals surface area contributed by atoms with Gasteiger partial charge in [0.05, 0.1) is 4.92 Å². The lowest BCUT2D eigenvalue weighted by Crippen LogP contribution is -1.93. The molecule has 0 atom stereocenters. The largest absolute Gasteiger partial charge is 0.351 e. The van der Waals surface area contributed by atoms with E-state index in [1.54, 1.807) is 10.6 Å². The number of nitro groups is 1. The molecular weight excluding hydrogens is 224 g/mol. The summed E-state index contributed by atoms with van der Waals surface area (Å²) >= 11 is 2.85. The van der Waals surface area contributed by atoms with Crippen LogP contribution in [0.15, 0.2) is 22.9 Å². The highest BCUT2D eigenvalue weighted by Crippen LogP contribution is 2.12. The van der Waals surface area contributed by atoms with Gasteiger partial charge in [-0.3, -0.25) is 10.1 Å². The van der Waals surface area contributed by atoms with Crippen LogP contribution < -0.4 is 0 Å². The van der Waals surface area contributed by atoms with Crippen LogP contribution in [0, 0.1) is 10.1 Å². The zero-order chi connectivity index (χ0) is 9.14. The highest BCUT2D eigenvalue weighted by Gasteiger charge is 2.05. The summed E-state index contributed by atoms with van der Waals surface area (Å²) in [7, 11) is 1.83. The number of halogens is 1. The Morgan fingerprint density at radius 1 is 1.83 bits per heavy atom. The van der Waals surface area contributed by atoms with E-state index in [9.17, 15) is 10.1 Å². The molecule has 0 amide bonds. The molecule has 0 fully saturated rings. The van der Waals surface area contributed by atoms with Crippen LogP contribution in [0.5, 0.6) is 0 Å². The van der Waals surface area contributed by atoms with E-state index < -0.39 is 4.92 Å². The second kappa shape index (κ2) is 3.53. The Hall–Kier alpha value is -1.10. The Balaban J connectivity index is 2.95. The number of aryl methyl sites for hydroxylation is 1. The van der Waals surface area contributed by atoms with Crippen molar-refractivity contribution >= 4 is 22.0 Å². The molecule has 0 aliphatic carbocycles. The quantitative estimate of drug-likeness (QED) is 0.444. The SMILES string of the molecule is Cn1cccc1/C=C(\Br)[N+](=O)[O-]. The molecule has 0 saturated heterocycles. The minimum absolute atomic E-state index is 0.0377. The summed E-state index contributed by atoms with van der Waals surface area (Å²) in [5, 5.41) is 10.2. The van der Waals surface area contributed by atoms with Crippen molar-refractivity contribution < 1.29 is 4.92 Å². The fourth-order valence-electron chi connectivity index (χ4n) is 0.799. The van der Waals surface area contributed by atoms with Crippen LogP contribution in [0.2, 0.25) is 0 Å². The van der Waals surface area contributed by atoms with Gasteiger partial charge in [0.2, 0.25) is 0 Å². The summed E-state index contributed by atoms with van der Waals surface area (Å²) < 4.78 is 1.76. The molecule has 0 saturated carbocycles. The summed E-state index contributed by atoms with van der Waals surface area (Å²) in [5.41, 5.74) is 0.790. The molecule has 0 aromatic carbocycles. The zero-order valence-electron chi connectivity index (χ0n) is 6.40. The predicted octanol–water partition coefficient (Wildman–Crippen LogP) is 2.00. The van der Waals surface area contributed by atoms with Crippen molar-refractivity contribution in [1.82, 2.24) is 4.57 Å². The predicted molar refractivity (Wildman–Crippen MR) is 49.3 cm³/mol. The maximum atomic E-state index is 10.2. The van der Waals surface area contributed by atoms with Gasteiger partial charge < -0.3 is 4.57 Å². The number of hydrogen-bond donors (Lipinski definition) is 0. The van der Waals surface area contributed by atoms with Gasteiger partial charge in [0.1, 0.15) is 0 Å². The van der Waals surface area contributed by atoms with Crippen LogP contribution in [-0.4, -0.2) is 9.49 Å². The summed E-state index contributed by atoms with van der Waals surface area (Å²) in [4.78, 5) is 9.74. The third-order valence-electron chi connectivity index (χ3n) is 1.43. The van der Waals surface area contributed by atoms with Crippen molar-refractivity contribution in [2.24, 2.45) is 7.05 Å². The fraction of sp³-hybridized carbons (Fsp3) is 0.143. The molecule has 0 bridgehead atoms. The van der Waals surface area contributed by atoms with Gasteiger partial charge in [-0.15, -0.1) is 0 Å². The highest BCUT2D eigenvalue weighted by atomic mass is 79.9. The minimum Gasteiger partial charge on any atom is -0.351 e. The van der Waals surface area contributed by atoms with Crippen molar-refractivity contribution in [3.8, 4) is 0 Å². The maximum absolute atomic E-state index is 10.2. The number of nitrogens with zero attached hydrogens (tertiary/aromatic N) is 2. The van der Waals surface area contributed by atoms with Gasteiger partial charge in [-0.2, -0.15) is 0 Å². The van der Waals surface area contributed by atoms with Crippen molar-refractivity contribution in [2.45, 2.75) is 0 Å². The molecule has 0 radical (unpaired) electrons. The lowest BCUT2D eigenvalue weighted by atomic mass is 10.4. The van der Waals surface area contributed by atoms with E-state index in [1.165, 1.54) is 6.08 Å². The topological polar surface area (TPSA) is 48.1 Å². The van der Waals surface area contributed by atoms with Crippen molar-refractivity contribution in [1.29, 1.82) is 0 Å². The molecule has 5 heteroatoms. The Kier molecular flexibility index (Phi) is 2.65. The average molecular weight is 231 g/mol. The normalized spacial score (nSPS) is 11.7. The van der Waals surface area contributed by atoms with Gasteiger partial charge in [0, 0.05) is 40.9 Å². The van der Waals surface area contributed by atoms with Gasteiger partial charge in [0.25, 0.3) is 0 Å². The molecule has 1 aromatic heterocycles. The van der Waals surface area contributed by atoms with Crippen LogP contribution in [-0.2, 0) is 7.05 Å². The Bertz CT molecular complexity index is 330. The number of hydrogen-bond acceptors (Lipinski definition) is 2. The van der Waals surface area contributed by atoms with Crippen LogP contribution >= 0.6 is 15.9 Å². The third kappa shape index (κ3) is 1.94. The minimum atomic E-state index is -0.479. The summed E-state index contributed by atoms with van der Waals surface area (Å²) in [6.45, 7) is 0. The molecule has 1 heterocycles. The van der Waals surface area contributed by atoms with E-state index in [0.29, 0.717) is 0 Å². The Labute approximate surface area is 77.8 Å². The smallest absolute Gasteiger partial charge is 0.312 e. The fourth-order valence-corrected chi connectivity index (χ4v) is 1.03. The molecule has 0 aliphatic heterocycles. The van der Waals surface area contributed by atoms with E-state index in [0.717, 1.165) is 5.69 Å². The lowest BCUT2D eigenvalue weighted by Gasteiger charge is -1.94. The first kappa shape index (κ1) is 8.99. The van der Waals surface area contributed by atoms with E-state index in [4.69, 9.17) is 0 Å². The first-order chi connectivity index (χ1) is 5.61. The second-order valence-corrected chi connectivity index (χ2v) is 3.08. The molecule has 12 heavy (non-hydrogen) atoms. The average Bonchev–Trinajstić information content (AvgIpc) is 2.36.